The number of ether oxygens (including phenoxy) is 1. The molecule has 3 amide bonds. The fourth-order valence-electron chi connectivity index (χ4n) is 2.14. The fraction of sp³-hybridized carbons (Fsp3) is 0.429. The van der Waals surface area contributed by atoms with Crippen molar-refractivity contribution in [2.45, 2.75) is 6.92 Å². The van der Waals surface area contributed by atoms with Gasteiger partial charge in [0, 0.05) is 17.7 Å². The Morgan fingerprint density at radius 3 is 2.62 bits per heavy atom. The zero-order valence-electron chi connectivity index (χ0n) is 12.1. The van der Waals surface area contributed by atoms with Crippen LogP contribution in [0.15, 0.2) is 18.2 Å². The third-order valence-corrected chi connectivity index (χ3v) is 3.66. The molecule has 7 heteroatoms. The second kappa shape index (κ2) is 6.45. The Morgan fingerprint density at radius 2 is 2.10 bits per heavy atom. The molecule has 1 fully saturated rings. The van der Waals surface area contributed by atoms with Gasteiger partial charge in [0.15, 0.2) is 0 Å². The predicted octanol–water partition coefficient (Wildman–Crippen LogP) is 0.980. The van der Waals surface area contributed by atoms with Gasteiger partial charge in [-0.3, -0.25) is 4.79 Å². The molecule has 0 aromatic heterocycles. The van der Waals surface area contributed by atoms with Gasteiger partial charge in [-0.1, -0.05) is 6.92 Å². The smallest absolute Gasteiger partial charge is 0.316 e. The van der Waals surface area contributed by atoms with Crippen LogP contribution >= 0.6 is 0 Å². The number of nitrogens with one attached hydrogen (secondary N) is 3. The highest BCUT2D eigenvalue weighted by atomic mass is 16.5. The van der Waals surface area contributed by atoms with Gasteiger partial charge in [-0.2, -0.15) is 0 Å². The molecule has 7 nitrogen and oxygen atoms in total. The minimum atomic E-state index is -0.670. The number of methoxy groups -OCH3 is 1. The van der Waals surface area contributed by atoms with Crippen molar-refractivity contribution in [3.05, 3.63) is 18.2 Å². The lowest BCUT2D eigenvalue weighted by Gasteiger charge is -2.31. The van der Waals surface area contributed by atoms with Gasteiger partial charge in [0.25, 0.3) is 0 Å². The molecule has 1 saturated heterocycles. The van der Waals surface area contributed by atoms with Crippen molar-refractivity contribution in [2.24, 2.45) is 17.6 Å². The van der Waals surface area contributed by atoms with Crippen molar-refractivity contribution < 1.29 is 14.3 Å². The number of carbonyl (C=O) groups excluding carboxylic acids is 2. The number of primary amides is 1. The van der Waals surface area contributed by atoms with Crippen molar-refractivity contribution in [3.63, 3.8) is 0 Å². The minimum absolute atomic E-state index is 0.0286. The molecule has 0 saturated carbocycles. The standard InChI is InChI=1S/C14H20N4O3/c1-8(9-6-16-7-9)13(19)17-10-3-4-11(18-14(15)20)12(5-10)21-2/h3-5,8-9,16H,6-7H2,1-2H3,(H,17,19)(H3,15,18,20). The Balaban J connectivity index is 2.06. The molecule has 1 aromatic carbocycles. The molecular weight excluding hydrogens is 272 g/mol. The molecule has 0 aliphatic carbocycles. The van der Waals surface area contributed by atoms with Crippen LogP contribution in [-0.4, -0.2) is 32.1 Å². The van der Waals surface area contributed by atoms with Crippen molar-refractivity contribution in [2.75, 3.05) is 30.8 Å². The highest BCUT2D eigenvalue weighted by Gasteiger charge is 2.28. The highest BCUT2D eigenvalue weighted by Crippen LogP contribution is 2.28. The summed E-state index contributed by atoms with van der Waals surface area (Å²) in [4.78, 5) is 23.0. The molecule has 2 rings (SSSR count). The summed E-state index contributed by atoms with van der Waals surface area (Å²) in [6, 6.07) is 4.30. The Kier molecular flexibility index (Phi) is 4.64. The summed E-state index contributed by atoms with van der Waals surface area (Å²) in [6.07, 6.45) is 0. The lowest BCUT2D eigenvalue weighted by Crippen LogP contribution is -2.48. The number of rotatable bonds is 5. The van der Waals surface area contributed by atoms with Gasteiger partial charge in [-0.15, -0.1) is 0 Å². The van der Waals surface area contributed by atoms with E-state index in [4.69, 9.17) is 10.5 Å². The SMILES string of the molecule is COc1cc(NC(=O)C(C)C2CNC2)ccc1NC(N)=O. The molecule has 0 bridgehead atoms. The van der Waals surface area contributed by atoms with Crippen LogP contribution in [-0.2, 0) is 4.79 Å². The number of nitrogens with two attached hydrogens (primary N) is 1. The summed E-state index contributed by atoms with van der Waals surface area (Å²) >= 11 is 0. The summed E-state index contributed by atoms with van der Waals surface area (Å²) in [5.41, 5.74) is 6.15. The van der Waals surface area contributed by atoms with Crippen LogP contribution in [0.25, 0.3) is 0 Å². The van der Waals surface area contributed by atoms with Crippen LogP contribution in [0.4, 0.5) is 16.2 Å². The molecule has 1 aromatic rings. The number of benzene rings is 1. The van der Waals surface area contributed by atoms with E-state index in [2.05, 4.69) is 16.0 Å². The summed E-state index contributed by atoms with van der Waals surface area (Å²) in [7, 11) is 1.48. The average molecular weight is 292 g/mol. The van der Waals surface area contributed by atoms with Crippen LogP contribution in [0, 0.1) is 11.8 Å². The number of hydrogen-bond donors (Lipinski definition) is 4. The summed E-state index contributed by atoms with van der Waals surface area (Å²) in [6.45, 7) is 3.67. The largest absolute Gasteiger partial charge is 0.494 e. The third-order valence-electron chi connectivity index (χ3n) is 3.66. The molecule has 114 valence electrons. The average Bonchev–Trinajstić information content (AvgIpc) is 2.37. The first-order chi connectivity index (χ1) is 10.0. The van der Waals surface area contributed by atoms with Crippen molar-refractivity contribution in [1.82, 2.24) is 5.32 Å². The number of amides is 3. The summed E-state index contributed by atoms with van der Waals surface area (Å²) in [5.74, 6) is 0.729. The molecule has 0 radical (unpaired) electrons. The fourth-order valence-corrected chi connectivity index (χ4v) is 2.14. The van der Waals surface area contributed by atoms with E-state index in [9.17, 15) is 9.59 Å². The van der Waals surface area contributed by atoms with E-state index in [1.165, 1.54) is 7.11 Å². The van der Waals surface area contributed by atoms with Crippen LogP contribution < -0.4 is 26.4 Å². The van der Waals surface area contributed by atoms with Crippen molar-refractivity contribution in [1.29, 1.82) is 0 Å². The first-order valence-electron chi connectivity index (χ1n) is 6.77. The lowest BCUT2D eigenvalue weighted by molar-refractivity contribution is -0.121. The molecule has 21 heavy (non-hydrogen) atoms. The maximum absolute atomic E-state index is 12.1. The Morgan fingerprint density at radius 1 is 1.38 bits per heavy atom. The first-order valence-corrected chi connectivity index (χ1v) is 6.77. The number of anilines is 2. The normalized spacial score (nSPS) is 15.7. The summed E-state index contributed by atoms with van der Waals surface area (Å²) in [5, 5.41) is 8.47. The van der Waals surface area contributed by atoms with Gasteiger partial charge in [0.1, 0.15) is 5.75 Å². The Hall–Kier alpha value is -2.28. The van der Waals surface area contributed by atoms with E-state index in [0.717, 1.165) is 13.1 Å². The number of carbonyl (C=O) groups is 2. The van der Waals surface area contributed by atoms with Gasteiger partial charge >= 0.3 is 6.03 Å². The van der Waals surface area contributed by atoms with E-state index >= 15 is 0 Å². The van der Waals surface area contributed by atoms with Gasteiger partial charge in [0.2, 0.25) is 5.91 Å². The van der Waals surface area contributed by atoms with Crippen molar-refractivity contribution in [3.8, 4) is 5.75 Å². The zero-order chi connectivity index (χ0) is 15.4. The molecule has 1 unspecified atom stereocenters. The Labute approximate surface area is 123 Å². The van der Waals surface area contributed by atoms with E-state index in [1.54, 1.807) is 18.2 Å². The maximum Gasteiger partial charge on any atom is 0.316 e. The van der Waals surface area contributed by atoms with Gasteiger partial charge in [0.05, 0.1) is 12.8 Å². The molecule has 0 spiro atoms. The molecule has 1 heterocycles. The van der Waals surface area contributed by atoms with Crippen LogP contribution in [0.3, 0.4) is 0 Å². The second-order valence-electron chi connectivity index (χ2n) is 5.10. The number of hydrogen-bond acceptors (Lipinski definition) is 4. The van der Waals surface area contributed by atoms with E-state index in [0.29, 0.717) is 23.0 Å². The van der Waals surface area contributed by atoms with E-state index < -0.39 is 6.03 Å². The van der Waals surface area contributed by atoms with Gasteiger partial charge in [-0.25, -0.2) is 4.79 Å². The maximum atomic E-state index is 12.1. The van der Waals surface area contributed by atoms with E-state index in [1.807, 2.05) is 6.92 Å². The highest BCUT2D eigenvalue weighted by molar-refractivity contribution is 5.94. The quantitative estimate of drug-likeness (QED) is 0.649. The minimum Gasteiger partial charge on any atom is -0.494 e. The van der Waals surface area contributed by atoms with Crippen LogP contribution in [0.1, 0.15) is 6.92 Å². The Bertz CT molecular complexity index is 543. The number of urea groups is 1. The lowest BCUT2D eigenvalue weighted by atomic mass is 9.88. The second-order valence-corrected chi connectivity index (χ2v) is 5.10. The first kappa shape index (κ1) is 15.1. The van der Waals surface area contributed by atoms with Crippen LogP contribution in [0.2, 0.25) is 0 Å². The zero-order valence-corrected chi connectivity index (χ0v) is 12.1. The third kappa shape index (κ3) is 3.63. The van der Waals surface area contributed by atoms with Crippen LogP contribution in [0.5, 0.6) is 5.75 Å². The molecule has 1 aliphatic rings. The molecular formula is C14H20N4O3. The molecule has 1 atom stereocenters. The summed E-state index contributed by atoms with van der Waals surface area (Å²) < 4.78 is 5.18. The predicted molar refractivity (Wildman–Crippen MR) is 80.4 cm³/mol. The topological polar surface area (TPSA) is 105 Å². The van der Waals surface area contributed by atoms with E-state index in [-0.39, 0.29) is 11.8 Å². The monoisotopic (exact) mass is 292 g/mol. The van der Waals surface area contributed by atoms with Crippen molar-refractivity contribution >= 4 is 23.3 Å². The van der Waals surface area contributed by atoms with Gasteiger partial charge < -0.3 is 26.4 Å². The molecule has 1 aliphatic heterocycles. The van der Waals surface area contributed by atoms with Gasteiger partial charge in [-0.05, 0) is 31.1 Å². The molecule has 5 N–H and O–H groups in total.